The van der Waals surface area contributed by atoms with Gasteiger partial charge >= 0.3 is 35.5 Å². The van der Waals surface area contributed by atoms with Gasteiger partial charge in [-0.3, -0.25) is 4.79 Å². The van der Waals surface area contributed by atoms with Gasteiger partial charge in [-0.25, -0.2) is 0 Å². The second-order valence-electron chi connectivity index (χ2n) is 2.92. The molecule has 13 heavy (non-hydrogen) atoms. The molecule has 0 N–H and O–H groups in total. The smallest absolute Gasteiger partial charge is 1.00 e. The third-order valence-electron chi connectivity index (χ3n) is 2.16. The number of hydrogen-bond donors (Lipinski definition) is 1. The molecule has 0 aromatic heterocycles. The van der Waals surface area contributed by atoms with Crippen molar-refractivity contribution in [2.24, 2.45) is 5.92 Å². The van der Waals surface area contributed by atoms with Crippen molar-refractivity contribution in [3.8, 4) is 0 Å². The number of carbonyl (C=O) groups is 1. The van der Waals surface area contributed by atoms with Crippen LogP contribution in [0.2, 0.25) is 0 Å². The van der Waals surface area contributed by atoms with E-state index in [9.17, 15) is 4.79 Å². The van der Waals surface area contributed by atoms with Crippen LogP contribution in [0.4, 0.5) is 0 Å². The molecule has 0 bridgehead atoms. The van der Waals surface area contributed by atoms with Gasteiger partial charge in [0.1, 0.15) is 5.25 Å². The summed E-state index contributed by atoms with van der Waals surface area (Å²) in [7, 11) is 1.39. The SMILES string of the molecule is COC(=O)C(S)C1CCOCC1.[H-].[Na+]. The summed E-state index contributed by atoms with van der Waals surface area (Å²) in [5.41, 5.74) is 0. The van der Waals surface area contributed by atoms with E-state index in [4.69, 9.17) is 4.74 Å². The van der Waals surface area contributed by atoms with Crippen molar-refractivity contribution in [3.63, 3.8) is 0 Å². The Morgan fingerprint density at radius 1 is 1.62 bits per heavy atom. The Hall–Kier alpha value is 0.780. The third-order valence-corrected chi connectivity index (χ3v) is 2.79. The molecule has 3 nitrogen and oxygen atoms in total. The second kappa shape index (κ2) is 7.12. The summed E-state index contributed by atoms with van der Waals surface area (Å²) in [6, 6.07) is 0. The van der Waals surface area contributed by atoms with E-state index >= 15 is 0 Å². The molecule has 1 heterocycles. The van der Waals surface area contributed by atoms with Gasteiger partial charge in [0.05, 0.1) is 7.11 Å². The number of ether oxygens (including phenoxy) is 2. The van der Waals surface area contributed by atoms with Crippen molar-refractivity contribution < 1.29 is 45.3 Å². The maximum absolute atomic E-state index is 11.1. The molecule has 5 heteroatoms. The summed E-state index contributed by atoms with van der Waals surface area (Å²) in [4.78, 5) is 11.1. The van der Waals surface area contributed by atoms with Gasteiger partial charge in [-0.2, -0.15) is 12.6 Å². The van der Waals surface area contributed by atoms with Crippen molar-refractivity contribution in [1.29, 1.82) is 0 Å². The molecule has 0 aliphatic carbocycles. The number of hydrogen-bond acceptors (Lipinski definition) is 4. The molecule has 0 spiro atoms. The number of carbonyl (C=O) groups excluding carboxylic acids is 1. The van der Waals surface area contributed by atoms with Crippen LogP contribution >= 0.6 is 12.6 Å². The Kier molecular flexibility index (Phi) is 7.55. The number of esters is 1. The minimum absolute atomic E-state index is 0. The van der Waals surface area contributed by atoms with Gasteiger partial charge in [-0.05, 0) is 18.8 Å². The van der Waals surface area contributed by atoms with Gasteiger partial charge in [0.2, 0.25) is 0 Å². The summed E-state index contributed by atoms with van der Waals surface area (Å²) < 4.78 is 9.79. The molecule has 1 rings (SSSR count). The Morgan fingerprint density at radius 2 is 2.15 bits per heavy atom. The van der Waals surface area contributed by atoms with Gasteiger partial charge in [0.25, 0.3) is 0 Å². The van der Waals surface area contributed by atoms with E-state index in [0.29, 0.717) is 5.92 Å². The maximum atomic E-state index is 11.1. The molecule has 0 saturated carbocycles. The van der Waals surface area contributed by atoms with Crippen molar-refractivity contribution in [1.82, 2.24) is 0 Å². The quantitative estimate of drug-likeness (QED) is 0.328. The summed E-state index contributed by atoms with van der Waals surface area (Å²) in [5.74, 6) is 0.0831. The Morgan fingerprint density at radius 3 is 2.62 bits per heavy atom. The van der Waals surface area contributed by atoms with Crippen LogP contribution in [0.5, 0.6) is 0 Å². The van der Waals surface area contributed by atoms with Crippen molar-refractivity contribution in [3.05, 3.63) is 0 Å². The fraction of sp³-hybridized carbons (Fsp3) is 0.875. The fourth-order valence-electron chi connectivity index (χ4n) is 1.34. The van der Waals surface area contributed by atoms with Crippen LogP contribution in [0.15, 0.2) is 0 Å². The van der Waals surface area contributed by atoms with Crippen LogP contribution in [-0.4, -0.2) is 31.5 Å². The predicted molar refractivity (Wildman–Crippen MR) is 49.4 cm³/mol. The summed E-state index contributed by atoms with van der Waals surface area (Å²) in [5, 5.41) is -0.279. The fourth-order valence-corrected chi connectivity index (χ4v) is 1.75. The first-order valence-electron chi connectivity index (χ1n) is 4.09. The zero-order valence-corrected chi connectivity index (χ0v) is 11.0. The molecule has 1 atom stereocenters. The molecule has 1 fully saturated rings. The first kappa shape index (κ1) is 13.8. The van der Waals surface area contributed by atoms with Gasteiger partial charge in [0.15, 0.2) is 0 Å². The standard InChI is InChI=1S/C8H14O3S.Na.H/c1-10-8(9)7(12)6-2-4-11-5-3-6;;/h6-7,12H,2-5H2,1H3;;/q;+1;-1. The molecule has 0 aromatic carbocycles. The molecule has 72 valence electrons. The molecule has 0 radical (unpaired) electrons. The Balaban J connectivity index is 0. The summed E-state index contributed by atoms with van der Waals surface area (Å²) in [6.45, 7) is 1.47. The summed E-state index contributed by atoms with van der Waals surface area (Å²) >= 11 is 4.22. The van der Waals surface area contributed by atoms with E-state index in [1.807, 2.05) is 0 Å². The van der Waals surface area contributed by atoms with E-state index in [2.05, 4.69) is 17.4 Å². The zero-order valence-electron chi connectivity index (χ0n) is 9.16. The van der Waals surface area contributed by atoms with E-state index in [0.717, 1.165) is 26.1 Å². The molecule has 0 amide bonds. The van der Waals surface area contributed by atoms with Crippen molar-refractivity contribution >= 4 is 18.6 Å². The second-order valence-corrected chi connectivity index (χ2v) is 3.47. The molecule has 1 aliphatic rings. The van der Waals surface area contributed by atoms with Gasteiger partial charge in [-0.15, -0.1) is 0 Å². The van der Waals surface area contributed by atoms with E-state index < -0.39 is 0 Å². The van der Waals surface area contributed by atoms with Crippen LogP contribution in [-0.2, 0) is 14.3 Å². The van der Waals surface area contributed by atoms with E-state index in [1.54, 1.807) is 0 Å². The first-order chi connectivity index (χ1) is 5.75. The van der Waals surface area contributed by atoms with Crippen molar-refractivity contribution in [2.45, 2.75) is 18.1 Å². The predicted octanol–water partition coefficient (Wildman–Crippen LogP) is -2.00. The number of rotatable bonds is 2. The van der Waals surface area contributed by atoms with E-state index in [-0.39, 0.29) is 42.2 Å². The molecular weight excluding hydrogens is 199 g/mol. The van der Waals surface area contributed by atoms with Crippen LogP contribution in [0.3, 0.4) is 0 Å². The van der Waals surface area contributed by atoms with Gasteiger partial charge in [0, 0.05) is 13.2 Å². The number of methoxy groups -OCH3 is 1. The van der Waals surface area contributed by atoms with Crippen LogP contribution in [0, 0.1) is 5.92 Å². The number of thiol groups is 1. The normalized spacial score (nSPS) is 20.2. The van der Waals surface area contributed by atoms with Crippen LogP contribution < -0.4 is 29.6 Å². The van der Waals surface area contributed by atoms with E-state index in [1.165, 1.54) is 7.11 Å². The minimum Gasteiger partial charge on any atom is -1.00 e. The summed E-state index contributed by atoms with van der Waals surface area (Å²) in [6.07, 6.45) is 1.81. The average molecular weight is 214 g/mol. The first-order valence-corrected chi connectivity index (χ1v) is 4.61. The molecule has 1 unspecified atom stereocenters. The average Bonchev–Trinajstić information content (AvgIpc) is 2.17. The van der Waals surface area contributed by atoms with Gasteiger partial charge in [-0.1, -0.05) is 0 Å². The molecular formula is C8H15NaO3S. The molecule has 0 aromatic rings. The largest absolute Gasteiger partial charge is 1.00 e. The maximum Gasteiger partial charge on any atom is 1.00 e. The Bertz CT molecular complexity index is 165. The third kappa shape index (κ3) is 4.21. The topological polar surface area (TPSA) is 35.5 Å². The Labute approximate surface area is 108 Å². The monoisotopic (exact) mass is 214 g/mol. The zero-order chi connectivity index (χ0) is 8.97. The molecule has 1 aliphatic heterocycles. The van der Waals surface area contributed by atoms with Crippen LogP contribution in [0.1, 0.15) is 14.3 Å². The minimum atomic E-state index is -0.279. The van der Waals surface area contributed by atoms with Gasteiger partial charge < -0.3 is 10.9 Å². The molecule has 1 saturated heterocycles. The van der Waals surface area contributed by atoms with Crippen molar-refractivity contribution in [2.75, 3.05) is 20.3 Å². The van der Waals surface area contributed by atoms with Crippen LogP contribution in [0.25, 0.3) is 0 Å².